The number of hydrogen-bond donors (Lipinski definition) is 5. The third-order valence-electron chi connectivity index (χ3n) is 6.43. The number of hydrogen-bond acceptors (Lipinski definition) is 8. The van der Waals surface area contributed by atoms with Gasteiger partial charge in [-0.3, -0.25) is 9.13 Å². The summed E-state index contributed by atoms with van der Waals surface area (Å²) in [7, 11) is -4.29. The first kappa shape index (κ1) is 25.0. The maximum absolute atomic E-state index is 11.2. The van der Waals surface area contributed by atoms with Crippen LogP contribution < -0.4 is 5.32 Å². The summed E-state index contributed by atoms with van der Waals surface area (Å²) < 4.78 is 18.4. The first-order chi connectivity index (χ1) is 17.0. The van der Waals surface area contributed by atoms with Crippen molar-refractivity contribution in [1.82, 2.24) is 19.5 Å². The van der Waals surface area contributed by atoms with Crippen molar-refractivity contribution in [2.75, 3.05) is 11.5 Å². The highest BCUT2D eigenvalue weighted by Crippen LogP contribution is 2.40. The van der Waals surface area contributed by atoms with Gasteiger partial charge in [-0.2, -0.15) is 9.97 Å². The van der Waals surface area contributed by atoms with Crippen molar-refractivity contribution in [1.29, 1.82) is 0 Å². The Kier molecular flexibility index (Phi) is 6.50. The number of fused-ring (bicyclic) bond motifs is 2. The number of aliphatic hydroxyl groups excluding tert-OH is 2. The monoisotopic (exact) mass is 533 g/mol. The average Bonchev–Trinajstić information content (AvgIpc) is 3.35. The Labute approximate surface area is 210 Å². The van der Waals surface area contributed by atoms with Crippen LogP contribution in [0.25, 0.3) is 21.9 Å². The molecular weight excluding hydrogens is 509 g/mol. The predicted octanol–water partition coefficient (Wildman–Crippen LogP) is 3.18. The molecule has 5 N–H and O–H groups in total. The summed E-state index contributed by atoms with van der Waals surface area (Å²) in [6.07, 6.45) is -4.01. The molecule has 4 atom stereocenters. The molecule has 36 heavy (non-hydrogen) atoms. The van der Waals surface area contributed by atoms with Crippen molar-refractivity contribution >= 4 is 52.6 Å². The van der Waals surface area contributed by atoms with Gasteiger partial charge in [-0.05, 0) is 65.9 Å². The molecule has 4 aromatic rings. The molecule has 5 rings (SSSR count). The lowest BCUT2D eigenvalue weighted by atomic mass is 10.0. The summed E-state index contributed by atoms with van der Waals surface area (Å²) in [5.41, 5.74) is 3.70. The Bertz CT molecular complexity index is 1510. The number of aromatic nitrogens is 4. The van der Waals surface area contributed by atoms with E-state index in [1.54, 1.807) is 0 Å². The Hall–Kier alpha value is -2.63. The molecule has 2 aromatic carbocycles. The minimum atomic E-state index is -4.29. The largest absolute Gasteiger partial charge is 0.388 e. The molecule has 2 unspecified atom stereocenters. The molecule has 0 saturated carbocycles. The molecule has 13 heteroatoms. The Balaban J connectivity index is 1.47. The van der Waals surface area contributed by atoms with Gasteiger partial charge in [-0.15, -0.1) is 0 Å². The lowest BCUT2D eigenvalue weighted by Gasteiger charge is -2.17. The van der Waals surface area contributed by atoms with Crippen LogP contribution >= 0.6 is 19.2 Å². The van der Waals surface area contributed by atoms with E-state index in [4.69, 9.17) is 26.1 Å². The highest BCUT2D eigenvalue weighted by atomic mass is 35.5. The third-order valence-corrected chi connectivity index (χ3v) is 7.44. The maximum Gasteiger partial charge on any atom is 0.325 e. The third kappa shape index (κ3) is 4.71. The number of halogens is 1. The van der Waals surface area contributed by atoms with E-state index in [2.05, 4.69) is 39.3 Å². The van der Waals surface area contributed by atoms with Crippen LogP contribution in [0.5, 0.6) is 0 Å². The number of aliphatic hydroxyl groups is 2. The van der Waals surface area contributed by atoms with Crippen LogP contribution in [0.15, 0.2) is 36.7 Å². The average molecular weight is 534 g/mol. The van der Waals surface area contributed by atoms with E-state index >= 15 is 0 Å². The molecule has 0 spiro atoms. The number of rotatable bonds is 6. The van der Waals surface area contributed by atoms with E-state index in [0.29, 0.717) is 11.3 Å². The smallest absolute Gasteiger partial charge is 0.325 e. The lowest BCUT2D eigenvalue weighted by molar-refractivity contribution is -0.0355. The number of aryl methyl sites for hydroxylation is 2. The van der Waals surface area contributed by atoms with Gasteiger partial charge in [-0.25, -0.2) is 4.98 Å². The zero-order chi connectivity index (χ0) is 25.8. The van der Waals surface area contributed by atoms with Crippen molar-refractivity contribution in [2.45, 2.75) is 44.8 Å². The number of ether oxygens (including phenoxy) is 1. The van der Waals surface area contributed by atoms with Crippen LogP contribution in [0.3, 0.4) is 0 Å². The summed E-state index contributed by atoms with van der Waals surface area (Å²) in [5.74, 6) is 0.347. The number of imidazole rings is 1. The second-order valence-corrected chi connectivity index (χ2v) is 11.1. The molecule has 1 aliphatic rings. The minimum Gasteiger partial charge on any atom is -0.388 e. The van der Waals surface area contributed by atoms with Gasteiger partial charge >= 0.3 is 7.60 Å². The topological polar surface area (TPSA) is 163 Å². The van der Waals surface area contributed by atoms with Gasteiger partial charge < -0.3 is 30.1 Å². The molecule has 1 fully saturated rings. The molecule has 0 amide bonds. The molecule has 0 bridgehead atoms. The Morgan fingerprint density at radius 1 is 1.08 bits per heavy atom. The van der Waals surface area contributed by atoms with Crippen molar-refractivity contribution in [3.63, 3.8) is 0 Å². The first-order valence-corrected chi connectivity index (χ1v) is 13.4. The molecule has 3 heterocycles. The highest BCUT2D eigenvalue weighted by molar-refractivity contribution is 7.51. The number of nitrogens with zero attached hydrogens (tertiary/aromatic N) is 4. The van der Waals surface area contributed by atoms with Gasteiger partial charge in [0.25, 0.3) is 0 Å². The van der Waals surface area contributed by atoms with Crippen molar-refractivity contribution < 1.29 is 29.3 Å². The van der Waals surface area contributed by atoms with Crippen LogP contribution in [0, 0.1) is 13.8 Å². The Morgan fingerprint density at radius 3 is 2.53 bits per heavy atom. The predicted molar refractivity (Wildman–Crippen MR) is 134 cm³/mol. The fraction of sp³-hybridized carbons (Fsp3) is 0.348. The SMILES string of the molecule is Cc1ccc(C)c2cc(Nc3nc(Cl)nc4c3ncn4[C@@H]3O[C@H](CCP(=O)(O)O)C(O)C3O)ccc12. The fourth-order valence-electron chi connectivity index (χ4n) is 4.51. The van der Waals surface area contributed by atoms with Crippen molar-refractivity contribution in [2.24, 2.45) is 0 Å². The number of benzene rings is 2. The second-order valence-electron chi connectivity index (χ2n) is 8.97. The van der Waals surface area contributed by atoms with E-state index < -0.39 is 38.3 Å². The fourth-order valence-corrected chi connectivity index (χ4v) is 5.27. The Morgan fingerprint density at radius 2 is 1.81 bits per heavy atom. The quantitative estimate of drug-likeness (QED) is 0.184. The van der Waals surface area contributed by atoms with Gasteiger partial charge in [0.1, 0.15) is 12.2 Å². The summed E-state index contributed by atoms with van der Waals surface area (Å²) in [6, 6.07) is 10.1. The molecule has 1 saturated heterocycles. The minimum absolute atomic E-state index is 0.0642. The van der Waals surface area contributed by atoms with E-state index in [-0.39, 0.29) is 17.4 Å². The zero-order valence-corrected chi connectivity index (χ0v) is 21.1. The van der Waals surface area contributed by atoms with Gasteiger partial charge in [0.15, 0.2) is 23.2 Å². The van der Waals surface area contributed by atoms with E-state index in [1.165, 1.54) is 16.5 Å². The number of nitrogens with one attached hydrogen (secondary N) is 1. The van der Waals surface area contributed by atoms with Crippen LogP contribution in [0.1, 0.15) is 23.8 Å². The summed E-state index contributed by atoms with van der Waals surface area (Å²) in [6.45, 7) is 4.10. The first-order valence-electron chi connectivity index (χ1n) is 11.2. The van der Waals surface area contributed by atoms with Gasteiger partial charge in [-0.1, -0.05) is 18.2 Å². The van der Waals surface area contributed by atoms with Crippen molar-refractivity contribution in [3.8, 4) is 0 Å². The van der Waals surface area contributed by atoms with Crippen LogP contribution in [-0.4, -0.2) is 64.0 Å². The lowest BCUT2D eigenvalue weighted by Crippen LogP contribution is -2.31. The highest BCUT2D eigenvalue weighted by Gasteiger charge is 2.44. The van der Waals surface area contributed by atoms with Crippen LogP contribution in [0.4, 0.5) is 11.5 Å². The second kappa shape index (κ2) is 9.35. The van der Waals surface area contributed by atoms with Crippen LogP contribution in [-0.2, 0) is 9.30 Å². The molecular formula is C23H25ClN5O6P. The van der Waals surface area contributed by atoms with E-state index in [9.17, 15) is 14.8 Å². The van der Waals surface area contributed by atoms with Gasteiger partial charge in [0, 0.05) is 5.69 Å². The molecule has 0 aliphatic carbocycles. The summed E-state index contributed by atoms with van der Waals surface area (Å²) in [5, 5.41) is 26.4. The van der Waals surface area contributed by atoms with Crippen molar-refractivity contribution in [3.05, 3.63) is 53.1 Å². The molecule has 0 radical (unpaired) electrons. The standard InChI is InChI=1S/C23H25ClN5O6P/c1-11-3-4-12(2)15-9-13(5-6-14(11)15)26-20-17-21(28-23(24)27-20)29(10-25-17)22-19(31)18(30)16(35-22)7-8-36(32,33)34/h3-6,9-10,16,18-19,22,30-31H,7-8H2,1-2H3,(H,26,27,28)(H2,32,33,34)/t16-,18?,19?,22-/m1/s1. The maximum atomic E-state index is 11.2. The normalized spacial score (nSPS) is 22.5. The molecule has 11 nitrogen and oxygen atoms in total. The van der Waals surface area contributed by atoms with E-state index in [1.807, 2.05) is 25.1 Å². The van der Waals surface area contributed by atoms with Gasteiger partial charge in [0.05, 0.1) is 18.6 Å². The number of anilines is 2. The van der Waals surface area contributed by atoms with Gasteiger partial charge in [0.2, 0.25) is 5.28 Å². The molecule has 190 valence electrons. The molecule has 1 aliphatic heterocycles. The van der Waals surface area contributed by atoms with E-state index in [0.717, 1.165) is 22.0 Å². The van der Waals surface area contributed by atoms with Crippen LogP contribution in [0.2, 0.25) is 5.28 Å². The zero-order valence-electron chi connectivity index (χ0n) is 19.4. The summed E-state index contributed by atoms with van der Waals surface area (Å²) in [4.78, 5) is 31.2. The summed E-state index contributed by atoms with van der Waals surface area (Å²) >= 11 is 6.22. The molecule has 2 aromatic heterocycles.